The first-order chi connectivity index (χ1) is 6.24. The zero-order chi connectivity index (χ0) is 9.68. The summed E-state index contributed by atoms with van der Waals surface area (Å²) in [6, 6.07) is -0.395. The van der Waals surface area contributed by atoms with Gasteiger partial charge in [-0.1, -0.05) is 0 Å². The number of carbonyl (C=O) groups is 2. The maximum Gasteiger partial charge on any atom is 0.242 e. The van der Waals surface area contributed by atoms with Crippen LogP contribution in [0.3, 0.4) is 0 Å². The Hall–Kier alpha value is -0.770. The van der Waals surface area contributed by atoms with Gasteiger partial charge in [0.25, 0.3) is 0 Å². The Morgan fingerprint density at radius 1 is 1.62 bits per heavy atom. The van der Waals surface area contributed by atoms with Crippen LogP contribution in [0, 0.1) is 0 Å². The van der Waals surface area contributed by atoms with Gasteiger partial charge in [0.1, 0.15) is 11.9 Å². The van der Waals surface area contributed by atoms with Crippen LogP contribution in [0.2, 0.25) is 0 Å². The molecule has 1 rings (SSSR count). The zero-order valence-corrected chi connectivity index (χ0v) is 8.06. The summed E-state index contributed by atoms with van der Waals surface area (Å²) in [4.78, 5) is 22.2. The Labute approximate surface area is 82.0 Å². The standard InChI is InChI=1S/C8H13ClN2O2/c9-5-7(12)11-6-3-1-2-4-10-8(6)13/h6H,1-5H2,(H,10,13)(H,11,12)/t6-/m1/s1. The molecule has 2 N–H and O–H groups in total. The molecular formula is C8H13ClN2O2. The van der Waals surface area contributed by atoms with Crippen LogP contribution < -0.4 is 10.6 Å². The van der Waals surface area contributed by atoms with Crippen LogP contribution in [0.4, 0.5) is 0 Å². The minimum atomic E-state index is -0.395. The van der Waals surface area contributed by atoms with Gasteiger partial charge in [-0.3, -0.25) is 9.59 Å². The molecule has 1 fully saturated rings. The zero-order valence-electron chi connectivity index (χ0n) is 7.31. The van der Waals surface area contributed by atoms with Crippen LogP contribution in [0.1, 0.15) is 19.3 Å². The quantitative estimate of drug-likeness (QED) is 0.623. The summed E-state index contributed by atoms with van der Waals surface area (Å²) in [5, 5.41) is 5.30. The predicted molar refractivity (Wildman–Crippen MR) is 49.5 cm³/mol. The van der Waals surface area contributed by atoms with Gasteiger partial charge in [-0.05, 0) is 19.3 Å². The topological polar surface area (TPSA) is 58.2 Å². The molecule has 5 heteroatoms. The molecule has 13 heavy (non-hydrogen) atoms. The van der Waals surface area contributed by atoms with E-state index in [1.165, 1.54) is 0 Å². The highest BCUT2D eigenvalue weighted by Crippen LogP contribution is 2.04. The number of carbonyl (C=O) groups excluding carboxylic acids is 2. The summed E-state index contributed by atoms with van der Waals surface area (Å²) in [6.07, 6.45) is 2.62. The van der Waals surface area contributed by atoms with Crippen LogP contribution >= 0.6 is 11.6 Å². The lowest BCUT2D eigenvalue weighted by atomic mass is 10.1. The number of hydrogen-bond acceptors (Lipinski definition) is 2. The molecule has 0 unspecified atom stereocenters. The van der Waals surface area contributed by atoms with Crippen molar-refractivity contribution in [2.45, 2.75) is 25.3 Å². The minimum absolute atomic E-state index is 0.0935. The highest BCUT2D eigenvalue weighted by molar-refractivity contribution is 6.27. The van der Waals surface area contributed by atoms with Crippen molar-refractivity contribution in [3.63, 3.8) is 0 Å². The molecule has 2 amide bonds. The Morgan fingerprint density at radius 2 is 2.38 bits per heavy atom. The highest BCUT2D eigenvalue weighted by Gasteiger charge is 2.21. The van der Waals surface area contributed by atoms with Gasteiger partial charge >= 0.3 is 0 Å². The molecule has 1 saturated heterocycles. The van der Waals surface area contributed by atoms with Crippen LogP contribution in [0.25, 0.3) is 0 Å². The molecule has 1 aliphatic rings. The third-order valence-corrected chi connectivity index (χ3v) is 2.23. The lowest BCUT2D eigenvalue weighted by Crippen LogP contribution is -2.45. The second kappa shape index (κ2) is 5.07. The lowest BCUT2D eigenvalue weighted by Gasteiger charge is -2.13. The molecule has 0 bridgehead atoms. The van der Waals surface area contributed by atoms with E-state index in [2.05, 4.69) is 10.6 Å². The average Bonchev–Trinajstić information content (AvgIpc) is 2.32. The fourth-order valence-electron chi connectivity index (χ4n) is 1.31. The van der Waals surface area contributed by atoms with E-state index in [9.17, 15) is 9.59 Å². The largest absolute Gasteiger partial charge is 0.354 e. The molecule has 1 atom stereocenters. The molecule has 1 aliphatic heterocycles. The molecule has 74 valence electrons. The van der Waals surface area contributed by atoms with Gasteiger partial charge in [-0.2, -0.15) is 0 Å². The third-order valence-electron chi connectivity index (χ3n) is 1.99. The monoisotopic (exact) mass is 204 g/mol. The van der Waals surface area contributed by atoms with Crippen molar-refractivity contribution in [1.82, 2.24) is 10.6 Å². The van der Waals surface area contributed by atoms with E-state index in [4.69, 9.17) is 11.6 Å². The Balaban J connectivity index is 2.45. The minimum Gasteiger partial charge on any atom is -0.354 e. The van der Waals surface area contributed by atoms with Crippen molar-refractivity contribution >= 4 is 23.4 Å². The van der Waals surface area contributed by atoms with Gasteiger partial charge in [0.05, 0.1) is 0 Å². The van der Waals surface area contributed by atoms with Gasteiger partial charge in [0.15, 0.2) is 0 Å². The number of nitrogens with one attached hydrogen (secondary N) is 2. The maximum atomic E-state index is 11.3. The fraction of sp³-hybridized carbons (Fsp3) is 0.750. The molecule has 0 spiro atoms. The maximum absolute atomic E-state index is 11.3. The Morgan fingerprint density at radius 3 is 3.08 bits per heavy atom. The summed E-state index contributed by atoms with van der Waals surface area (Å²) in [5.74, 6) is -0.483. The summed E-state index contributed by atoms with van der Waals surface area (Å²) in [7, 11) is 0. The smallest absolute Gasteiger partial charge is 0.242 e. The summed E-state index contributed by atoms with van der Waals surface area (Å²) >= 11 is 5.32. The van der Waals surface area contributed by atoms with E-state index >= 15 is 0 Å². The summed E-state index contributed by atoms with van der Waals surface area (Å²) in [5.41, 5.74) is 0. The molecule has 0 saturated carbocycles. The van der Waals surface area contributed by atoms with Crippen LogP contribution in [-0.2, 0) is 9.59 Å². The third kappa shape index (κ3) is 3.22. The van der Waals surface area contributed by atoms with Gasteiger partial charge < -0.3 is 10.6 Å². The highest BCUT2D eigenvalue weighted by atomic mass is 35.5. The van der Waals surface area contributed by atoms with Crippen LogP contribution in [-0.4, -0.2) is 30.3 Å². The van der Waals surface area contributed by atoms with Gasteiger partial charge in [0.2, 0.25) is 11.8 Å². The Bertz CT molecular complexity index is 208. The molecule has 0 aliphatic carbocycles. The Kier molecular flexibility index (Phi) is 4.02. The molecule has 0 aromatic rings. The van der Waals surface area contributed by atoms with Crippen LogP contribution in [0.15, 0.2) is 0 Å². The normalized spacial score (nSPS) is 23.2. The molecule has 1 heterocycles. The molecule has 4 nitrogen and oxygen atoms in total. The van der Waals surface area contributed by atoms with Gasteiger partial charge in [0, 0.05) is 6.54 Å². The lowest BCUT2D eigenvalue weighted by molar-refractivity contribution is -0.127. The van der Waals surface area contributed by atoms with Crippen molar-refractivity contribution in [1.29, 1.82) is 0 Å². The van der Waals surface area contributed by atoms with Crippen molar-refractivity contribution < 1.29 is 9.59 Å². The van der Waals surface area contributed by atoms with E-state index in [-0.39, 0.29) is 17.7 Å². The van der Waals surface area contributed by atoms with Gasteiger partial charge in [-0.15, -0.1) is 11.6 Å². The second-order valence-corrected chi connectivity index (χ2v) is 3.31. The first kappa shape index (κ1) is 10.3. The number of alkyl halides is 1. The van der Waals surface area contributed by atoms with E-state index < -0.39 is 6.04 Å². The molecular weight excluding hydrogens is 192 g/mol. The molecule has 0 aromatic carbocycles. The van der Waals surface area contributed by atoms with E-state index in [1.54, 1.807) is 0 Å². The second-order valence-electron chi connectivity index (χ2n) is 3.04. The fourth-order valence-corrected chi connectivity index (χ4v) is 1.39. The number of hydrogen-bond donors (Lipinski definition) is 2. The van der Waals surface area contributed by atoms with Gasteiger partial charge in [-0.25, -0.2) is 0 Å². The van der Waals surface area contributed by atoms with E-state index in [0.717, 1.165) is 12.8 Å². The first-order valence-corrected chi connectivity index (χ1v) is 4.90. The SMILES string of the molecule is O=C(CCl)N[C@@H]1CCCCNC1=O. The number of halogens is 1. The number of amides is 2. The van der Waals surface area contributed by atoms with Crippen molar-refractivity contribution in [3.05, 3.63) is 0 Å². The predicted octanol–water partition coefficient (Wildman–Crippen LogP) is 0.0101. The summed E-state index contributed by atoms with van der Waals surface area (Å²) in [6.45, 7) is 0.700. The van der Waals surface area contributed by atoms with Crippen molar-refractivity contribution in [2.75, 3.05) is 12.4 Å². The van der Waals surface area contributed by atoms with E-state index in [1.807, 2.05) is 0 Å². The molecule has 0 radical (unpaired) electrons. The van der Waals surface area contributed by atoms with Crippen LogP contribution in [0.5, 0.6) is 0 Å². The van der Waals surface area contributed by atoms with Crippen molar-refractivity contribution in [2.24, 2.45) is 0 Å². The van der Waals surface area contributed by atoms with E-state index in [0.29, 0.717) is 13.0 Å². The first-order valence-electron chi connectivity index (χ1n) is 4.37. The average molecular weight is 205 g/mol. The molecule has 0 aromatic heterocycles. The summed E-state index contributed by atoms with van der Waals surface area (Å²) < 4.78 is 0. The number of rotatable bonds is 2. The van der Waals surface area contributed by atoms with Crippen molar-refractivity contribution in [3.8, 4) is 0 Å².